The minimum atomic E-state index is -0.596. The molecule has 0 fully saturated rings. The summed E-state index contributed by atoms with van der Waals surface area (Å²) in [5.41, 5.74) is 0.812. The summed E-state index contributed by atoms with van der Waals surface area (Å²) in [5.74, 6) is -0.0584. The Morgan fingerprint density at radius 2 is 1.79 bits per heavy atom. The van der Waals surface area contributed by atoms with Gasteiger partial charge in [0.15, 0.2) is 0 Å². The molecule has 1 N–H and O–H groups in total. The minimum absolute atomic E-state index is 0.122. The number of carbonyl (C=O) groups is 2. The Labute approximate surface area is 187 Å². The van der Waals surface area contributed by atoms with Crippen molar-refractivity contribution in [2.24, 2.45) is 0 Å². The van der Waals surface area contributed by atoms with Crippen LogP contribution in [0.4, 0.5) is 0 Å². The first-order chi connectivity index (χ1) is 13.9. The van der Waals surface area contributed by atoms with Crippen LogP contribution in [0.3, 0.4) is 0 Å². The average Bonchev–Trinajstić information content (AvgIpc) is 2.72. The number of amides is 2. The van der Waals surface area contributed by atoms with Crippen molar-refractivity contribution in [3.8, 4) is 0 Å². The highest BCUT2D eigenvalue weighted by Crippen LogP contribution is 2.23. The van der Waals surface area contributed by atoms with Crippen molar-refractivity contribution in [1.82, 2.24) is 10.2 Å². The van der Waals surface area contributed by atoms with E-state index in [0.717, 1.165) is 23.3 Å². The first-order valence-electron chi connectivity index (χ1n) is 9.61. The summed E-state index contributed by atoms with van der Waals surface area (Å²) in [7, 11) is 0. The Morgan fingerprint density at radius 3 is 2.45 bits per heavy atom. The van der Waals surface area contributed by atoms with Gasteiger partial charge in [0.05, 0.1) is 5.75 Å². The van der Waals surface area contributed by atoms with Crippen LogP contribution in [-0.2, 0) is 16.1 Å². The quantitative estimate of drug-likeness (QED) is 0.386. The van der Waals surface area contributed by atoms with Gasteiger partial charge in [-0.2, -0.15) is 0 Å². The van der Waals surface area contributed by atoms with E-state index in [2.05, 4.69) is 12.2 Å². The third-order valence-electron chi connectivity index (χ3n) is 4.47. The molecule has 0 unspecified atom stereocenters. The van der Waals surface area contributed by atoms with Crippen molar-refractivity contribution >= 4 is 46.8 Å². The summed E-state index contributed by atoms with van der Waals surface area (Å²) in [6.07, 6.45) is 1.90. The van der Waals surface area contributed by atoms with Gasteiger partial charge in [0.25, 0.3) is 0 Å². The lowest BCUT2D eigenvalue weighted by atomic mass is 10.1. The molecule has 0 aliphatic rings. The van der Waals surface area contributed by atoms with Crippen molar-refractivity contribution in [3.05, 3.63) is 64.1 Å². The number of rotatable bonds is 10. The Balaban J connectivity index is 2.11. The van der Waals surface area contributed by atoms with Gasteiger partial charge >= 0.3 is 0 Å². The van der Waals surface area contributed by atoms with Crippen molar-refractivity contribution < 1.29 is 9.59 Å². The first kappa shape index (κ1) is 23.6. The van der Waals surface area contributed by atoms with Crippen LogP contribution in [-0.4, -0.2) is 35.1 Å². The van der Waals surface area contributed by atoms with Gasteiger partial charge in [-0.05, 0) is 49.2 Å². The second kappa shape index (κ2) is 12.1. The Kier molecular flexibility index (Phi) is 9.85. The highest BCUT2D eigenvalue weighted by molar-refractivity contribution is 8.00. The Hall–Kier alpha value is -1.69. The molecular weight excluding hydrogens is 427 g/mol. The summed E-state index contributed by atoms with van der Waals surface area (Å²) < 4.78 is 0. The van der Waals surface area contributed by atoms with Crippen LogP contribution in [0.25, 0.3) is 0 Å². The van der Waals surface area contributed by atoms with Crippen LogP contribution >= 0.6 is 35.0 Å². The van der Waals surface area contributed by atoms with E-state index in [1.54, 1.807) is 30.0 Å². The Morgan fingerprint density at radius 1 is 1.10 bits per heavy atom. The smallest absolute Gasteiger partial charge is 0.242 e. The number of carbonyl (C=O) groups excluding carboxylic acids is 2. The van der Waals surface area contributed by atoms with Crippen LogP contribution in [0.5, 0.6) is 0 Å². The number of nitrogens with one attached hydrogen (secondary N) is 1. The van der Waals surface area contributed by atoms with Crippen LogP contribution in [0.2, 0.25) is 10.0 Å². The summed E-state index contributed by atoms with van der Waals surface area (Å²) in [5, 5.41) is 4.14. The number of halogens is 2. The van der Waals surface area contributed by atoms with E-state index >= 15 is 0 Å². The van der Waals surface area contributed by atoms with E-state index < -0.39 is 6.04 Å². The molecular formula is C22H26Cl2N2O2S. The molecule has 2 aromatic rings. The largest absolute Gasteiger partial charge is 0.354 e. The molecule has 0 radical (unpaired) electrons. The standard InChI is InChI=1S/C22H26Cl2N2O2S/c1-3-4-13-25-22(28)16(2)26(14-17-7-5-6-8-20(17)24)21(27)15-29-19-11-9-18(23)10-12-19/h5-12,16H,3-4,13-15H2,1-2H3,(H,25,28)/t16-/m0/s1. The molecule has 2 amide bonds. The van der Waals surface area contributed by atoms with Crippen molar-refractivity contribution in [2.75, 3.05) is 12.3 Å². The number of hydrogen-bond donors (Lipinski definition) is 1. The molecule has 0 heterocycles. The molecule has 1 atom stereocenters. The highest BCUT2D eigenvalue weighted by Gasteiger charge is 2.26. The third kappa shape index (κ3) is 7.57. The maximum atomic E-state index is 13.0. The van der Waals surface area contributed by atoms with Crippen LogP contribution in [0, 0.1) is 0 Å². The fourth-order valence-corrected chi connectivity index (χ4v) is 3.79. The van der Waals surface area contributed by atoms with Crippen molar-refractivity contribution in [1.29, 1.82) is 0 Å². The van der Waals surface area contributed by atoms with Gasteiger partial charge in [0.1, 0.15) is 6.04 Å². The highest BCUT2D eigenvalue weighted by atomic mass is 35.5. The molecule has 0 saturated carbocycles. The Bertz CT molecular complexity index is 815. The second-order valence-corrected chi connectivity index (χ2v) is 8.57. The maximum absolute atomic E-state index is 13.0. The fraction of sp³-hybridized carbons (Fsp3) is 0.364. The lowest BCUT2D eigenvalue weighted by Gasteiger charge is -2.29. The number of benzene rings is 2. The number of thioether (sulfide) groups is 1. The van der Waals surface area contributed by atoms with Crippen molar-refractivity contribution in [3.63, 3.8) is 0 Å². The van der Waals surface area contributed by atoms with Gasteiger partial charge in [0.2, 0.25) is 11.8 Å². The molecule has 29 heavy (non-hydrogen) atoms. The lowest BCUT2D eigenvalue weighted by molar-refractivity contribution is -0.138. The first-order valence-corrected chi connectivity index (χ1v) is 11.4. The number of unbranched alkanes of at least 4 members (excludes halogenated alkanes) is 1. The molecule has 0 aliphatic carbocycles. The van der Waals surface area contributed by atoms with E-state index in [1.807, 2.05) is 30.3 Å². The summed E-state index contributed by atoms with van der Waals surface area (Å²) in [6.45, 7) is 4.70. The minimum Gasteiger partial charge on any atom is -0.354 e. The molecule has 0 saturated heterocycles. The maximum Gasteiger partial charge on any atom is 0.242 e. The molecule has 0 aromatic heterocycles. The molecule has 2 rings (SSSR count). The predicted octanol–water partition coefficient (Wildman–Crippen LogP) is 5.42. The van der Waals surface area contributed by atoms with Gasteiger partial charge in [0, 0.05) is 28.0 Å². The van der Waals surface area contributed by atoms with Crippen LogP contribution < -0.4 is 5.32 Å². The molecule has 156 valence electrons. The van der Waals surface area contributed by atoms with E-state index in [9.17, 15) is 9.59 Å². The van der Waals surface area contributed by atoms with E-state index in [0.29, 0.717) is 16.6 Å². The summed E-state index contributed by atoms with van der Waals surface area (Å²) >= 11 is 13.6. The van der Waals surface area contributed by atoms with Gasteiger partial charge in [-0.15, -0.1) is 11.8 Å². The van der Waals surface area contributed by atoms with E-state index in [4.69, 9.17) is 23.2 Å². The normalized spacial score (nSPS) is 11.7. The summed E-state index contributed by atoms with van der Waals surface area (Å²) in [6, 6.07) is 14.1. The van der Waals surface area contributed by atoms with Gasteiger partial charge in [-0.1, -0.05) is 54.7 Å². The van der Waals surface area contributed by atoms with E-state index in [1.165, 1.54) is 11.8 Å². The predicted molar refractivity (Wildman–Crippen MR) is 122 cm³/mol. The SMILES string of the molecule is CCCCNC(=O)[C@H](C)N(Cc1ccccc1Cl)C(=O)CSc1ccc(Cl)cc1. The zero-order valence-electron chi connectivity index (χ0n) is 16.7. The van der Waals surface area contributed by atoms with E-state index in [-0.39, 0.29) is 24.1 Å². The molecule has 2 aromatic carbocycles. The van der Waals surface area contributed by atoms with Gasteiger partial charge in [-0.25, -0.2) is 0 Å². The van der Waals surface area contributed by atoms with Gasteiger partial charge in [-0.3, -0.25) is 9.59 Å². The number of nitrogens with zero attached hydrogens (tertiary/aromatic N) is 1. The molecule has 0 bridgehead atoms. The summed E-state index contributed by atoms with van der Waals surface area (Å²) in [4.78, 5) is 28.2. The zero-order valence-corrected chi connectivity index (χ0v) is 19.0. The lowest BCUT2D eigenvalue weighted by Crippen LogP contribution is -2.48. The van der Waals surface area contributed by atoms with Crippen LogP contribution in [0.15, 0.2) is 53.4 Å². The topological polar surface area (TPSA) is 49.4 Å². The average molecular weight is 453 g/mol. The fourth-order valence-electron chi connectivity index (χ4n) is 2.69. The second-order valence-electron chi connectivity index (χ2n) is 6.68. The molecule has 0 spiro atoms. The zero-order chi connectivity index (χ0) is 21.2. The van der Waals surface area contributed by atoms with Crippen LogP contribution in [0.1, 0.15) is 32.3 Å². The molecule has 0 aliphatic heterocycles. The van der Waals surface area contributed by atoms with Gasteiger partial charge < -0.3 is 10.2 Å². The monoisotopic (exact) mass is 452 g/mol. The molecule has 4 nitrogen and oxygen atoms in total. The van der Waals surface area contributed by atoms with Crippen molar-refractivity contribution in [2.45, 2.75) is 44.2 Å². The third-order valence-corrected chi connectivity index (χ3v) is 6.09. The number of hydrogen-bond acceptors (Lipinski definition) is 3. The molecule has 7 heteroatoms.